The van der Waals surface area contributed by atoms with E-state index in [4.69, 9.17) is 4.74 Å². The SMILES string of the molecule is C=CC(=O)Nc1cc(-c2nc(Nc3ccc(F)c(N4CCOCC4)c3)ncc2OC(F)(F)F)ccc1F. The van der Waals surface area contributed by atoms with Crippen LogP contribution >= 0.6 is 0 Å². The molecule has 2 heterocycles. The summed E-state index contributed by atoms with van der Waals surface area (Å²) in [7, 11) is 0. The maximum absolute atomic E-state index is 14.4. The lowest BCUT2D eigenvalue weighted by atomic mass is 10.1. The monoisotopic (exact) mass is 521 g/mol. The molecule has 0 radical (unpaired) electrons. The van der Waals surface area contributed by atoms with Crippen molar-refractivity contribution in [1.29, 1.82) is 0 Å². The molecule has 13 heteroatoms. The largest absolute Gasteiger partial charge is 0.573 e. The summed E-state index contributed by atoms with van der Waals surface area (Å²) in [5.41, 5.74) is 0.0447. The third-order valence-electron chi connectivity index (χ3n) is 5.22. The molecule has 1 saturated heterocycles. The van der Waals surface area contributed by atoms with E-state index in [1.54, 1.807) is 4.90 Å². The summed E-state index contributed by atoms with van der Waals surface area (Å²) in [5, 5.41) is 5.07. The summed E-state index contributed by atoms with van der Waals surface area (Å²) < 4.78 is 77.1. The molecular weight excluding hydrogens is 501 g/mol. The average Bonchev–Trinajstić information content (AvgIpc) is 2.87. The number of alkyl halides is 3. The van der Waals surface area contributed by atoms with E-state index in [2.05, 4.69) is 31.9 Å². The van der Waals surface area contributed by atoms with E-state index in [1.807, 2.05) is 0 Å². The molecule has 0 atom stereocenters. The number of nitrogens with zero attached hydrogens (tertiary/aromatic N) is 3. The van der Waals surface area contributed by atoms with Gasteiger partial charge in [0.2, 0.25) is 11.9 Å². The van der Waals surface area contributed by atoms with Crippen molar-refractivity contribution < 1.29 is 36.2 Å². The fourth-order valence-electron chi connectivity index (χ4n) is 3.56. The first-order valence-electron chi connectivity index (χ1n) is 10.9. The molecular formula is C24H20F5N5O3. The van der Waals surface area contributed by atoms with Crippen LogP contribution in [0.2, 0.25) is 0 Å². The molecule has 0 saturated carbocycles. The lowest BCUT2D eigenvalue weighted by molar-refractivity contribution is -0.274. The van der Waals surface area contributed by atoms with E-state index in [9.17, 15) is 26.7 Å². The fraction of sp³-hybridized carbons (Fsp3) is 0.208. The number of hydrogen-bond acceptors (Lipinski definition) is 7. The minimum Gasteiger partial charge on any atom is -0.402 e. The van der Waals surface area contributed by atoms with Gasteiger partial charge in [-0.05, 0) is 42.5 Å². The number of rotatable bonds is 7. The number of halogens is 5. The predicted molar refractivity (Wildman–Crippen MR) is 126 cm³/mol. The van der Waals surface area contributed by atoms with Crippen molar-refractivity contribution in [2.75, 3.05) is 41.8 Å². The lowest BCUT2D eigenvalue weighted by Gasteiger charge is -2.29. The van der Waals surface area contributed by atoms with Crippen LogP contribution in [0.1, 0.15) is 0 Å². The first kappa shape index (κ1) is 25.8. The molecule has 8 nitrogen and oxygen atoms in total. The number of morpholine rings is 1. The molecule has 4 rings (SSSR count). The molecule has 1 aliphatic rings. The minimum atomic E-state index is -5.06. The molecule has 194 valence electrons. The number of amides is 1. The summed E-state index contributed by atoms with van der Waals surface area (Å²) >= 11 is 0. The van der Waals surface area contributed by atoms with Gasteiger partial charge in [0.1, 0.15) is 17.3 Å². The number of hydrogen-bond donors (Lipinski definition) is 2. The summed E-state index contributed by atoms with van der Waals surface area (Å²) in [6, 6.07) is 7.40. The Bertz CT molecular complexity index is 1310. The number of benzene rings is 2. The Kier molecular flexibility index (Phi) is 7.53. The molecule has 0 spiro atoms. The normalized spacial score (nSPS) is 13.7. The Morgan fingerprint density at radius 3 is 2.54 bits per heavy atom. The van der Waals surface area contributed by atoms with Gasteiger partial charge in [0.15, 0.2) is 5.75 Å². The highest BCUT2D eigenvalue weighted by molar-refractivity contribution is 5.99. The third-order valence-corrected chi connectivity index (χ3v) is 5.22. The number of carbonyl (C=O) groups excluding carboxylic acids is 1. The number of nitrogens with one attached hydrogen (secondary N) is 2. The zero-order chi connectivity index (χ0) is 26.6. The van der Waals surface area contributed by atoms with Crippen molar-refractivity contribution in [2.45, 2.75) is 6.36 Å². The highest BCUT2D eigenvalue weighted by Gasteiger charge is 2.33. The molecule has 0 aliphatic carbocycles. The summed E-state index contributed by atoms with van der Waals surface area (Å²) in [6.45, 7) is 5.13. The molecule has 2 N–H and O–H groups in total. The van der Waals surface area contributed by atoms with Gasteiger partial charge < -0.3 is 25.0 Å². The van der Waals surface area contributed by atoms with Gasteiger partial charge >= 0.3 is 6.36 Å². The van der Waals surface area contributed by atoms with E-state index >= 15 is 0 Å². The van der Waals surface area contributed by atoms with Gasteiger partial charge in [0.05, 0.1) is 30.8 Å². The van der Waals surface area contributed by atoms with Gasteiger partial charge in [0.25, 0.3) is 0 Å². The van der Waals surface area contributed by atoms with Crippen molar-refractivity contribution in [3.8, 4) is 17.0 Å². The van der Waals surface area contributed by atoms with Crippen molar-refractivity contribution in [3.05, 3.63) is 66.9 Å². The maximum Gasteiger partial charge on any atom is 0.573 e. The second-order valence-corrected chi connectivity index (χ2v) is 7.73. The first-order valence-corrected chi connectivity index (χ1v) is 10.9. The van der Waals surface area contributed by atoms with Crippen LogP contribution in [0.15, 0.2) is 55.3 Å². The van der Waals surface area contributed by atoms with Crippen molar-refractivity contribution in [1.82, 2.24) is 9.97 Å². The van der Waals surface area contributed by atoms with Crippen molar-refractivity contribution in [3.63, 3.8) is 0 Å². The highest BCUT2D eigenvalue weighted by Crippen LogP contribution is 2.35. The van der Waals surface area contributed by atoms with Gasteiger partial charge in [-0.1, -0.05) is 6.58 Å². The number of ether oxygens (including phenoxy) is 2. The fourth-order valence-corrected chi connectivity index (χ4v) is 3.56. The molecule has 1 fully saturated rings. The smallest absolute Gasteiger partial charge is 0.402 e. The molecule has 1 aliphatic heterocycles. The molecule has 3 aromatic rings. The van der Waals surface area contributed by atoms with Crippen LogP contribution in [0, 0.1) is 11.6 Å². The minimum absolute atomic E-state index is 0.00132. The van der Waals surface area contributed by atoms with E-state index < -0.39 is 29.7 Å². The van der Waals surface area contributed by atoms with Crippen LogP contribution < -0.4 is 20.3 Å². The molecule has 0 bridgehead atoms. The maximum atomic E-state index is 14.4. The van der Waals surface area contributed by atoms with Crippen LogP contribution in [0.4, 0.5) is 45.0 Å². The Morgan fingerprint density at radius 2 is 1.84 bits per heavy atom. The lowest BCUT2D eigenvalue weighted by Crippen LogP contribution is -2.36. The molecule has 37 heavy (non-hydrogen) atoms. The number of carbonyl (C=O) groups is 1. The summed E-state index contributed by atoms with van der Waals surface area (Å²) in [5.74, 6) is -2.89. The average molecular weight is 521 g/mol. The Labute approximate surface area is 207 Å². The second-order valence-electron chi connectivity index (χ2n) is 7.73. The van der Waals surface area contributed by atoms with Crippen LogP contribution in [-0.2, 0) is 9.53 Å². The third kappa shape index (κ3) is 6.50. The summed E-state index contributed by atoms with van der Waals surface area (Å²) in [4.78, 5) is 21.4. The predicted octanol–water partition coefficient (Wildman–Crippen LogP) is 5.03. The quantitative estimate of drug-likeness (QED) is 0.333. The van der Waals surface area contributed by atoms with Gasteiger partial charge in [0, 0.05) is 24.3 Å². The Balaban J connectivity index is 1.70. The van der Waals surface area contributed by atoms with Crippen LogP contribution in [0.5, 0.6) is 5.75 Å². The van der Waals surface area contributed by atoms with Crippen molar-refractivity contribution in [2.24, 2.45) is 0 Å². The highest BCUT2D eigenvalue weighted by atomic mass is 19.4. The Morgan fingerprint density at radius 1 is 1.11 bits per heavy atom. The van der Waals surface area contributed by atoms with Gasteiger partial charge in [-0.2, -0.15) is 0 Å². The second kappa shape index (κ2) is 10.8. The van der Waals surface area contributed by atoms with E-state index in [0.717, 1.165) is 24.4 Å². The first-order chi connectivity index (χ1) is 17.6. The van der Waals surface area contributed by atoms with E-state index in [1.165, 1.54) is 24.3 Å². The van der Waals surface area contributed by atoms with Crippen molar-refractivity contribution >= 4 is 28.9 Å². The summed E-state index contributed by atoms with van der Waals surface area (Å²) in [6.07, 6.45) is -3.35. The topological polar surface area (TPSA) is 88.6 Å². The van der Waals surface area contributed by atoms with Gasteiger partial charge in [-0.3, -0.25) is 4.79 Å². The standard InChI is InChI=1S/C24H20F5N5O3/c1-2-21(35)32-18-11-14(3-5-16(18)25)22-20(37-24(27,28)29)13-30-23(33-22)31-15-4-6-17(26)19(12-15)34-7-9-36-10-8-34/h2-6,11-13H,1,7-10H2,(H,32,35)(H,30,31,33). The molecule has 1 aromatic heterocycles. The number of aromatic nitrogens is 2. The zero-order valence-electron chi connectivity index (χ0n) is 19.1. The zero-order valence-corrected chi connectivity index (χ0v) is 19.1. The molecule has 1 amide bonds. The van der Waals surface area contributed by atoms with E-state index in [-0.39, 0.29) is 22.9 Å². The van der Waals surface area contributed by atoms with Crippen LogP contribution in [0.25, 0.3) is 11.3 Å². The van der Waals surface area contributed by atoms with Crippen LogP contribution in [0.3, 0.4) is 0 Å². The van der Waals surface area contributed by atoms with Gasteiger partial charge in [-0.25, -0.2) is 18.7 Å². The molecule has 0 unspecified atom stereocenters. The Hall–Kier alpha value is -4.26. The van der Waals surface area contributed by atoms with Gasteiger partial charge in [-0.15, -0.1) is 13.2 Å². The van der Waals surface area contributed by atoms with E-state index in [0.29, 0.717) is 37.7 Å². The number of anilines is 4. The molecule has 2 aromatic carbocycles. The van der Waals surface area contributed by atoms with Crippen LogP contribution in [-0.4, -0.2) is 48.5 Å².